The van der Waals surface area contributed by atoms with Crippen molar-refractivity contribution >= 4 is 0 Å². The topological polar surface area (TPSA) is 95.9 Å². The van der Waals surface area contributed by atoms with Crippen LogP contribution in [0.4, 0.5) is 0 Å². The third-order valence-corrected chi connectivity index (χ3v) is 1.54. The summed E-state index contributed by atoms with van der Waals surface area (Å²) in [5.74, 6) is 0. The van der Waals surface area contributed by atoms with Crippen LogP contribution in [0.25, 0.3) is 0 Å². The SMILES string of the molecule is NC1OC[C@H](O)[C@@H](O)[C@@H]1O. The van der Waals surface area contributed by atoms with Crippen LogP contribution in [0.5, 0.6) is 0 Å². The lowest BCUT2D eigenvalue weighted by atomic mass is 10.1. The Bertz CT molecular complexity index is 106. The highest BCUT2D eigenvalue weighted by Gasteiger charge is 2.35. The van der Waals surface area contributed by atoms with Crippen LogP contribution in [-0.2, 0) is 4.74 Å². The molecule has 1 saturated heterocycles. The van der Waals surface area contributed by atoms with Crippen LogP contribution < -0.4 is 5.73 Å². The van der Waals surface area contributed by atoms with E-state index in [1.165, 1.54) is 0 Å². The third-order valence-electron chi connectivity index (χ3n) is 1.54. The summed E-state index contributed by atoms with van der Waals surface area (Å²) in [7, 11) is 0. The Labute approximate surface area is 58.0 Å². The molecule has 1 fully saturated rings. The van der Waals surface area contributed by atoms with Crippen LogP contribution in [0.1, 0.15) is 0 Å². The lowest BCUT2D eigenvalue weighted by molar-refractivity contribution is -0.184. The van der Waals surface area contributed by atoms with Gasteiger partial charge in [-0.2, -0.15) is 0 Å². The average molecular weight is 149 g/mol. The van der Waals surface area contributed by atoms with Crippen molar-refractivity contribution in [1.29, 1.82) is 0 Å². The first-order chi connectivity index (χ1) is 4.63. The molecule has 0 bridgehead atoms. The molecule has 0 aromatic carbocycles. The second-order valence-electron chi connectivity index (χ2n) is 2.35. The summed E-state index contributed by atoms with van der Waals surface area (Å²) in [6.45, 7) is -0.0284. The maximum absolute atomic E-state index is 8.96. The molecule has 1 heterocycles. The number of aliphatic hydroxyl groups is 3. The van der Waals surface area contributed by atoms with Gasteiger partial charge in [-0.3, -0.25) is 0 Å². The Balaban J connectivity index is 2.52. The smallest absolute Gasteiger partial charge is 0.134 e. The molecule has 1 rings (SSSR count). The molecule has 0 amide bonds. The molecule has 1 aliphatic heterocycles. The third kappa shape index (κ3) is 1.28. The van der Waals surface area contributed by atoms with Gasteiger partial charge in [0.2, 0.25) is 0 Å². The molecule has 5 heteroatoms. The molecular formula is C5H11NO4. The van der Waals surface area contributed by atoms with E-state index in [4.69, 9.17) is 25.8 Å². The van der Waals surface area contributed by atoms with E-state index in [1.807, 2.05) is 0 Å². The van der Waals surface area contributed by atoms with Crippen molar-refractivity contribution < 1.29 is 20.1 Å². The molecule has 0 saturated carbocycles. The number of nitrogens with two attached hydrogens (primary N) is 1. The van der Waals surface area contributed by atoms with Crippen molar-refractivity contribution in [3.05, 3.63) is 0 Å². The molecule has 0 radical (unpaired) electrons. The van der Waals surface area contributed by atoms with Gasteiger partial charge in [-0.15, -0.1) is 0 Å². The van der Waals surface area contributed by atoms with Crippen LogP contribution in [0.3, 0.4) is 0 Å². The van der Waals surface area contributed by atoms with Crippen molar-refractivity contribution in [2.24, 2.45) is 5.73 Å². The Morgan fingerprint density at radius 3 is 2.30 bits per heavy atom. The van der Waals surface area contributed by atoms with E-state index < -0.39 is 24.5 Å². The van der Waals surface area contributed by atoms with Gasteiger partial charge in [0, 0.05) is 0 Å². The highest BCUT2D eigenvalue weighted by Crippen LogP contribution is 2.11. The van der Waals surface area contributed by atoms with Crippen molar-refractivity contribution in [3.8, 4) is 0 Å². The standard InChI is InChI=1S/C5H11NO4/c6-5-4(9)3(8)2(7)1-10-5/h2-5,7-9H,1,6H2/t2-,3+,4-,5?/m0/s1. The summed E-state index contributed by atoms with van der Waals surface area (Å²) in [5.41, 5.74) is 5.19. The molecule has 0 aromatic rings. The van der Waals surface area contributed by atoms with Crippen molar-refractivity contribution in [1.82, 2.24) is 0 Å². The molecule has 5 N–H and O–H groups in total. The fourth-order valence-electron chi connectivity index (χ4n) is 0.829. The van der Waals surface area contributed by atoms with Gasteiger partial charge in [0.15, 0.2) is 0 Å². The molecule has 0 aliphatic carbocycles. The van der Waals surface area contributed by atoms with Gasteiger partial charge in [-0.05, 0) is 0 Å². The van der Waals surface area contributed by atoms with E-state index in [0.717, 1.165) is 0 Å². The van der Waals surface area contributed by atoms with Crippen molar-refractivity contribution in [2.75, 3.05) is 6.61 Å². The number of hydrogen-bond donors (Lipinski definition) is 4. The van der Waals surface area contributed by atoms with Crippen LogP contribution in [-0.4, -0.2) is 46.5 Å². The summed E-state index contributed by atoms with van der Waals surface area (Å²) in [5, 5.41) is 26.8. The Kier molecular flexibility index (Phi) is 2.22. The number of ether oxygens (including phenoxy) is 1. The molecular weight excluding hydrogens is 138 g/mol. The van der Waals surface area contributed by atoms with E-state index >= 15 is 0 Å². The van der Waals surface area contributed by atoms with Crippen LogP contribution in [0, 0.1) is 0 Å². The Morgan fingerprint density at radius 1 is 1.20 bits per heavy atom. The predicted octanol–water partition coefficient (Wildman–Crippen LogP) is -2.62. The predicted molar refractivity (Wildman–Crippen MR) is 31.9 cm³/mol. The fourth-order valence-corrected chi connectivity index (χ4v) is 0.829. The van der Waals surface area contributed by atoms with E-state index in [9.17, 15) is 0 Å². The zero-order valence-electron chi connectivity index (χ0n) is 5.34. The van der Waals surface area contributed by atoms with Crippen LogP contribution >= 0.6 is 0 Å². The molecule has 0 aromatic heterocycles. The number of rotatable bonds is 0. The maximum Gasteiger partial charge on any atom is 0.134 e. The number of hydrogen-bond acceptors (Lipinski definition) is 5. The second-order valence-corrected chi connectivity index (χ2v) is 2.35. The summed E-state index contributed by atoms with van der Waals surface area (Å²) < 4.78 is 4.69. The first kappa shape index (κ1) is 7.90. The van der Waals surface area contributed by atoms with Crippen molar-refractivity contribution in [2.45, 2.75) is 24.5 Å². The van der Waals surface area contributed by atoms with E-state index in [-0.39, 0.29) is 6.61 Å². The second kappa shape index (κ2) is 2.81. The molecule has 1 aliphatic rings. The van der Waals surface area contributed by atoms with Gasteiger partial charge in [-0.1, -0.05) is 0 Å². The zero-order valence-corrected chi connectivity index (χ0v) is 5.34. The van der Waals surface area contributed by atoms with E-state index in [0.29, 0.717) is 0 Å². The van der Waals surface area contributed by atoms with Gasteiger partial charge in [0.25, 0.3) is 0 Å². The lowest BCUT2D eigenvalue weighted by Gasteiger charge is -2.32. The average Bonchev–Trinajstić information content (AvgIpc) is 1.93. The highest BCUT2D eigenvalue weighted by molar-refractivity contribution is 4.83. The van der Waals surface area contributed by atoms with E-state index in [1.54, 1.807) is 0 Å². The minimum absolute atomic E-state index is 0.0284. The minimum atomic E-state index is -1.19. The first-order valence-corrected chi connectivity index (χ1v) is 3.04. The largest absolute Gasteiger partial charge is 0.388 e. The molecule has 10 heavy (non-hydrogen) atoms. The summed E-state index contributed by atoms with van der Waals surface area (Å²) in [6.07, 6.45) is -4.30. The van der Waals surface area contributed by atoms with Crippen molar-refractivity contribution in [3.63, 3.8) is 0 Å². The van der Waals surface area contributed by atoms with Gasteiger partial charge in [0.05, 0.1) is 6.61 Å². The van der Waals surface area contributed by atoms with Gasteiger partial charge >= 0.3 is 0 Å². The highest BCUT2D eigenvalue weighted by atomic mass is 16.5. The lowest BCUT2D eigenvalue weighted by Crippen LogP contribution is -2.56. The van der Waals surface area contributed by atoms with Gasteiger partial charge in [-0.25, -0.2) is 0 Å². The van der Waals surface area contributed by atoms with Gasteiger partial charge < -0.3 is 25.8 Å². The molecule has 4 atom stereocenters. The number of aliphatic hydroxyl groups excluding tert-OH is 3. The van der Waals surface area contributed by atoms with Gasteiger partial charge in [0.1, 0.15) is 24.5 Å². The molecule has 5 nitrogen and oxygen atoms in total. The normalized spacial score (nSPS) is 49.2. The fraction of sp³-hybridized carbons (Fsp3) is 1.00. The zero-order chi connectivity index (χ0) is 7.72. The van der Waals surface area contributed by atoms with Crippen LogP contribution in [0.2, 0.25) is 0 Å². The maximum atomic E-state index is 8.96. The molecule has 0 spiro atoms. The first-order valence-electron chi connectivity index (χ1n) is 3.04. The monoisotopic (exact) mass is 149 g/mol. The van der Waals surface area contributed by atoms with E-state index in [2.05, 4.69) is 0 Å². The summed E-state index contributed by atoms with van der Waals surface area (Å²) in [4.78, 5) is 0. The Hall–Kier alpha value is -0.200. The Morgan fingerprint density at radius 2 is 1.80 bits per heavy atom. The minimum Gasteiger partial charge on any atom is -0.388 e. The molecule has 60 valence electrons. The quantitative estimate of drug-likeness (QED) is 0.302. The van der Waals surface area contributed by atoms with Crippen LogP contribution in [0.15, 0.2) is 0 Å². The summed E-state index contributed by atoms with van der Waals surface area (Å²) in [6, 6.07) is 0. The molecule has 1 unspecified atom stereocenters. The summed E-state index contributed by atoms with van der Waals surface area (Å²) >= 11 is 0.